The van der Waals surface area contributed by atoms with E-state index in [-0.39, 0.29) is 11.7 Å². The molecule has 4 nitrogen and oxygen atoms in total. The lowest BCUT2D eigenvalue weighted by Crippen LogP contribution is -2.53. The molecular weight excluding hydrogens is 362 g/mol. The average molecular weight is 390 g/mol. The van der Waals surface area contributed by atoms with Crippen molar-refractivity contribution in [1.29, 1.82) is 0 Å². The summed E-state index contributed by atoms with van der Waals surface area (Å²) in [5.41, 5.74) is 1.91. The quantitative estimate of drug-likeness (QED) is 0.688. The van der Waals surface area contributed by atoms with E-state index >= 15 is 0 Å². The highest BCUT2D eigenvalue weighted by molar-refractivity contribution is 6.32. The minimum Gasteiger partial charge on any atom is -0.486 e. The summed E-state index contributed by atoms with van der Waals surface area (Å²) in [6.07, 6.45) is 7.48. The number of Topliss-reactive ketones (excluding diaryl/α,β-unsaturated/α-hetero) is 1. The number of ether oxygens (including phenoxy) is 1. The minimum absolute atomic E-state index is 0.114. The molecule has 1 aromatic carbocycles. The van der Waals surface area contributed by atoms with Crippen LogP contribution in [0, 0.1) is 19.8 Å². The predicted molar refractivity (Wildman–Crippen MR) is 106 cm³/mol. The van der Waals surface area contributed by atoms with E-state index in [1.165, 1.54) is 19.3 Å². The number of ketones is 1. The van der Waals surface area contributed by atoms with E-state index in [4.69, 9.17) is 16.3 Å². The Morgan fingerprint density at radius 3 is 2.52 bits per heavy atom. The Labute approximate surface area is 166 Å². The third kappa shape index (κ3) is 3.37. The number of piperidine rings is 1. The highest BCUT2D eigenvalue weighted by Crippen LogP contribution is 2.43. The number of hydrogen-bond donors (Lipinski definition) is 0. The molecule has 1 saturated heterocycles. The standard InChI is InChI=1S/C22H28ClNO3/c1-14-12-18-19(15(2)20(14)23)17(25)13-22(27-18)8-10-24(11-9-22)21(26)16-6-4-3-5-7-16/h12,16H,3-11,13H2,1-2H3. The van der Waals surface area contributed by atoms with Crippen molar-refractivity contribution in [2.45, 2.75) is 70.8 Å². The molecule has 0 unspecified atom stereocenters. The van der Waals surface area contributed by atoms with Crippen LogP contribution in [-0.2, 0) is 4.79 Å². The number of amides is 1. The van der Waals surface area contributed by atoms with Crippen molar-refractivity contribution in [3.63, 3.8) is 0 Å². The molecule has 0 bridgehead atoms. The van der Waals surface area contributed by atoms with Gasteiger partial charge in [0.15, 0.2) is 5.78 Å². The second kappa shape index (κ2) is 7.12. The van der Waals surface area contributed by atoms with Gasteiger partial charge in [0.05, 0.1) is 12.0 Å². The largest absolute Gasteiger partial charge is 0.486 e. The van der Waals surface area contributed by atoms with E-state index in [9.17, 15) is 9.59 Å². The predicted octanol–water partition coefficient (Wildman–Crippen LogP) is 4.86. The number of nitrogens with zero attached hydrogens (tertiary/aromatic N) is 1. The van der Waals surface area contributed by atoms with Gasteiger partial charge in [-0.25, -0.2) is 0 Å². The van der Waals surface area contributed by atoms with Gasteiger partial charge in [0.1, 0.15) is 11.4 Å². The topological polar surface area (TPSA) is 46.6 Å². The van der Waals surface area contributed by atoms with Crippen LogP contribution >= 0.6 is 11.6 Å². The first-order valence-electron chi connectivity index (χ1n) is 10.2. The van der Waals surface area contributed by atoms with Crippen LogP contribution in [0.4, 0.5) is 0 Å². The van der Waals surface area contributed by atoms with Crippen LogP contribution in [0.3, 0.4) is 0 Å². The van der Waals surface area contributed by atoms with Crippen molar-refractivity contribution < 1.29 is 14.3 Å². The summed E-state index contributed by atoms with van der Waals surface area (Å²) in [7, 11) is 0. The Balaban J connectivity index is 1.49. The van der Waals surface area contributed by atoms with E-state index in [0.29, 0.717) is 41.8 Å². The maximum absolute atomic E-state index is 12.9. The molecule has 1 saturated carbocycles. The normalized spacial score (nSPS) is 22.5. The van der Waals surface area contributed by atoms with Gasteiger partial charge in [0.25, 0.3) is 0 Å². The highest BCUT2D eigenvalue weighted by atomic mass is 35.5. The van der Waals surface area contributed by atoms with Crippen LogP contribution in [-0.4, -0.2) is 35.3 Å². The third-order valence-electron chi connectivity index (χ3n) is 6.67. The van der Waals surface area contributed by atoms with E-state index < -0.39 is 5.60 Å². The van der Waals surface area contributed by atoms with E-state index in [0.717, 1.165) is 36.8 Å². The summed E-state index contributed by atoms with van der Waals surface area (Å²) in [6.45, 7) is 5.20. The van der Waals surface area contributed by atoms with Crippen molar-refractivity contribution in [2.24, 2.45) is 5.92 Å². The molecule has 0 aromatic heterocycles. The molecule has 4 rings (SSSR count). The number of benzene rings is 1. The summed E-state index contributed by atoms with van der Waals surface area (Å²) in [4.78, 5) is 27.7. The van der Waals surface area contributed by atoms with Gasteiger partial charge in [-0.3, -0.25) is 9.59 Å². The Morgan fingerprint density at radius 2 is 1.85 bits per heavy atom. The van der Waals surface area contributed by atoms with Gasteiger partial charge >= 0.3 is 0 Å². The lowest BCUT2D eigenvalue weighted by atomic mass is 9.80. The molecule has 2 heterocycles. The molecule has 3 aliphatic rings. The summed E-state index contributed by atoms with van der Waals surface area (Å²) >= 11 is 6.33. The summed E-state index contributed by atoms with van der Waals surface area (Å²) < 4.78 is 6.40. The number of rotatable bonds is 1. The second-order valence-corrected chi connectivity index (χ2v) is 8.93. The van der Waals surface area contributed by atoms with Gasteiger partial charge in [-0.1, -0.05) is 30.9 Å². The molecular formula is C22H28ClNO3. The van der Waals surface area contributed by atoms with Crippen molar-refractivity contribution in [3.8, 4) is 5.75 Å². The summed E-state index contributed by atoms with van der Waals surface area (Å²) in [5, 5.41) is 0.648. The molecule has 1 aromatic rings. The molecule has 27 heavy (non-hydrogen) atoms. The monoisotopic (exact) mass is 389 g/mol. The summed E-state index contributed by atoms with van der Waals surface area (Å²) in [6, 6.07) is 1.89. The van der Waals surface area contributed by atoms with E-state index in [1.807, 2.05) is 24.8 Å². The molecule has 2 aliphatic heterocycles. The molecule has 1 aliphatic carbocycles. The first-order valence-corrected chi connectivity index (χ1v) is 10.6. The Kier molecular flexibility index (Phi) is 4.96. The smallest absolute Gasteiger partial charge is 0.225 e. The van der Waals surface area contributed by atoms with Crippen LogP contribution in [0.15, 0.2) is 6.07 Å². The van der Waals surface area contributed by atoms with Crippen LogP contribution in [0.2, 0.25) is 5.02 Å². The molecule has 1 amide bonds. The number of likely N-dealkylation sites (tertiary alicyclic amines) is 1. The molecule has 1 spiro atoms. The van der Waals surface area contributed by atoms with E-state index in [1.54, 1.807) is 0 Å². The third-order valence-corrected chi connectivity index (χ3v) is 7.25. The zero-order chi connectivity index (χ0) is 19.2. The molecule has 0 radical (unpaired) electrons. The Bertz CT molecular complexity index is 774. The molecule has 2 fully saturated rings. The van der Waals surface area contributed by atoms with Crippen molar-refractivity contribution in [1.82, 2.24) is 4.90 Å². The van der Waals surface area contributed by atoms with Gasteiger partial charge in [-0.2, -0.15) is 0 Å². The number of halogens is 1. The Morgan fingerprint density at radius 1 is 1.19 bits per heavy atom. The Hall–Kier alpha value is -1.55. The van der Waals surface area contributed by atoms with Crippen LogP contribution in [0.25, 0.3) is 0 Å². The number of aryl methyl sites for hydroxylation is 1. The lowest BCUT2D eigenvalue weighted by Gasteiger charge is -2.45. The van der Waals surface area contributed by atoms with Gasteiger partial charge in [0.2, 0.25) is 5.91 Å². The lowest BCUT2D eigenvalue weighted by molar-refractivity contribution is -0.140. The average Bonchev–Trinajstić information content (AvgIpc) is 2.66. The van der Waals surface area contributed by atoms with Crippen molar-refractivity contribution in [2.75, 3.05) is 13.1 Å². The number of carbonyl (C=O) groups is 2. The number of fused-ring (bicyclic) bond motifs is 1. The molecule has 5 heteroatoms. The fourth-order valence-corrected chi connectivity index (χ4v) is 5.17. The molecule has 0 N–H and O–H groups in total. The zero-order valence-corrected chi connectivity index (χ0v) is 17.0. The highest BCUT2D eigenvalue weighted by Gasteiger charge is 2.45. The second-order valence-electron chi connectivity index (χ2n) is 8.55. The van der Waals surface area contributed by atoms with Gasteiger partial charge in [0, 0.05) is 36.9 Å². The maximum Gasteiger partial charge on any atom is 0.225 e. The summed E-state index contributed by atoms with van der Waals surface area (Å²) in [5.74, 6) is 1.29. The van der Waals surface area contributed by atoms with Gasteiger partial charge in [-0.15, -0.1) is 0 Å². The SMILES string of the molecule is Cc1cc2c(c(C)c1Cl)C(=O)CC1(CCN(C(=O)C3CCCCC3)CC1)O2. The van der Waals surface area contributed by atoms with Crippen LogP contribution in [0.5, 0.6) is 5.75 Å². The maximum atomic E-state index is 12.9. The fourth-order valence-electron chi connectivity index (χ4n) is 5.02. The fraction of sp³-hybridized carbons (Fsp3) is 0.636. The van der Waals surface area contributed by atoms with Crippen molar-refractivity contribution >= 4 is 23.3 Å². The van der Waals surface area contributed by atoms with Crippen LogP contribution in [0.1, 0.15) is 72.9 Å². The zero-order valence-electron chi connectivity index (χ0n) is 16.3. The first kappa shape index (κ1) is 18.8. The van der Waals surface area contributed by atoms with Crippen molar-refractivity contribution in [3.05, 3.63) is 27.8 Å². The van der Waals surface area contributed by atoms with Crippen LogP contribution < -0.4 is 4.74 Å². The first-order chi connectivity index (χ1) is 12.9. The van der Waals surface area contributed by atoms with E-state index in [2.05, 4.69) is 0 Å². The minimum atomic E-state index is -0.472. The number of hydrogen-bond acceptors (Lipinski definition) is 3. The molecule has 146 valence electrons. The van der Waals surface area contributed by atoms with Gasteiger partial charge < -0.3 is 9.64 Å². The number of carbonyl (C=O) groups excluding carboxylic acids is 2. The van der Waals surface area contributed by atoms with Gasteiger partial charge in [-0.05, 0) is 43.9 Å². The molecule has 0 atom stereocenters.